The van der Waals surface area contributed by atoms with Gasteiger partial charge in [0.1, 0.15) is 5.75 Å². The largest absolute Gasteiger partial charge is 0.425 e. The predicted octanol–water partition coefficient (Wildman–Crippen LogP) is 6.85. The molecule has 1 aromatic carbocycles. The van der Waals surface area contributed by atoms with Gasteiger partial charge in [0.25, 0.3) is 0 Å². The Kier molecular flexibility index (Phi) is 10.5. The highest BCUT2D eigenvalue weighted by Crippen LogP contribution is 2.30. The zero-order valence-corrected chi connectivity index (χ0v) is 20.2. The second-order valence-corrected chi connectivity index (χ2v) is 9.47. The van der Waals surface area contributed by atoms with Crippen LogP contribution in [0.15, 0.2) is 41.8 Å². The van der Waals surface area contributed by atoms with Crippen molar-refractivity contribution >= 4 is 17.7 Å². The number of esters is 1. The number of unbranched alkanes of at least 4 members (excludes halogenated alkanes) is 7. The molecule has 0 saturated carbocycles. The number of benzene rings is 1. The Bertz CT molecular complexity index is 811. The van der Waals surface area contributed by atoms with Gasteiger partial charge in [-0.15, -0.1) is 0 Å². The van der Waals surface area contributed by atoms with Crippen molar-refractivity contribution in [2.24, 2.45) is 0 Å². The standard InChI is InChI=1S/C26H36N2O3S/c1-3-5-7-8-9-11-17-32-26-27-18-21(19-28-26)20-13-15-22(16-14-20)30-25(29)24-23(31-24)12-10-6-4-2/h13-16,18-19,23-24H,3-12,17H2,1-2H3/t23-,24+/m0/s1. The van der Waals surface area contributed by atoms with Gasteiger partial charge in [0.15, 0.2) is 11.3 Å². The molecule has 3 rings (SSSR count). The molecule has 1 aromatic heterocycles. The van der Waals surface area contributed by atoms with Crippen LogP contribution in [-0.4, -0.2) is 33.9 Å². The minimum atomic E-state index is -0.402. The normalized spacial score (nSPS) is 17.3. The summed E-state index contributed by atoms with van der Waals surface area (Å²) in [5.74, 6) is 1.30. The molecule has 1 aliphatic heterocycles. The van der Waals surface area contributed by atoms with Crippen LogP contribution in [0.1, 0.15) is 78.1 Å². The zero-order valence-electron chi connectivity index (χ0n) is 19.4. The maximum Gasteiger partial charge on any atom is 0.343 e. The van der Waals surface area contributed by atoms with E-state index in [2.05, 4.69) is 23.8 Å². The molecule has 0 bridgehead atoms. The van der Waals surface area contributed by atoms with E-state index in [0.29, 0.717) is 5.75 Å². The fourth-order valence-corrected chi connectivity index (χ4v) is 4.43. The minimum absolute atomic E-state index is 0.0305. The Balaban J connectivity index is 1.39. The lowest BCUT2D eigenvalue weighted by Gasteiger charge is -2.06. The number of aromatic nitrogens is 2. The van der Waals surface area contributed by atoms with Gasteiger partial charge in [0, 0.05) is 23.7 Å². The molecule has 2 aromatic rings. The van der Waals surface area contributed by atoms with Crippen LogP contribution >= 0.6 is 11.8 Å². The minimum Gasteiger partial charge on any atom is -0.425 e. The first kappa shape index (κ1) is 24.7. The van der Waals surface area contributed by atoms with Crippen molar-refractivity contribution in [1.82, 2.24) is 9.97 Å². The van der Waals surface area contributed by atoms with Crippen molar-refractivity contribution in [3.8, 4) is 16.9 Å². The lowest BCUT2D eigenvalue weighted by molar-refractivity contribution is -0.135. The van der Waals surface area contributed by atoms with Crippen LogP contribution in [0, 0.1) is 0 Å². The maximum absolute atomic E-state index is 12.2. The monoisotopic (exact) mass is 456 g/mol. The smallest absolute Gasteiger partial charge is 0.343 e. The van der Waals surface area contributed by atoms with E-state index >= 15 is 0 Å². The molecule has 1 fully saturated rings. The number of hydrogen-bond acceptors (Lipinski definition) is 6. The maximum atomic E-state index is 12.2. The third-order valence-corrected chi connectivity index (χ3v) is 6.63. The van der Waals surface area contributed by atoms with E-state index in [0.717, 1.165) is 34.9 Å². The molecule has 1 aliphatic rings. The Morgan fingerprint density at radius 2 is 1.56 bits per heavy atom. The molecule has 2 heterocycles. The summed E-state index contributed by atoms with van der Waals surface area (Å²) in [4.78, 5) is 21.2. The quantitative estimate of drug-likeness (QED) is 0.0729. The zero-order chi connectivity index (χ0) is 22.6. The summed E-state index contributed by atoms with van der Waals surface area (Å²) in [7, 11) is 0. The molecule has 32 heavy (non-hydrogen) atoms. The van der Waals surface area contributed by atoms with Crippen LogP contribution in [0.4, 0.5) is 0 Å². The molecule has 6 heteroatoms. The third kappa shape index (κ3) is 8.21. The van der Waals surface area contributed by atoms with E-state index in [-0.39, 0.29) is 12.1 Å². The summed E-state index contributed by atoms with van der Waals surface area (Å²) in [5, 5.41) is 0.825. The third-order valence-electron chi connectivity index (χ3n) is 5.67. The molecule has 0 radical (unpaired) electrons. The summed E-state index contributed by atoms with van der Waals surface area (Å²) in [6, 6.07) is 7.47. The fourth-order valence-electron chi connectivity index (χ4n) is 3.64. The van der Waals surface area contributed by atoms with E-state index in [1.807, 2.05) is 36.7 Å². The van der Waals surface area contributed by atoms with Crippen LogP contribution in [0.3, 0.4) is 0 Å². The number of epoxide rings is 1. The highest BCUT2D eigenvalue weighted by atomic mass is 32.2. The molecule has 174 valence electrons. The molecule has 0 amide bonds. The van der Waals surface area contributed by atoms with E-state index in [9.17, 15) is 4.79 Å². The molecular weight excluding hydrogens is 420 g/mol. The van der Waals surface area contributed by atoms with Crippen LogP contribution in [-0.2, 0) is 9.53 Å². The molecular formula is C26H36N2O3S. The fraction of sp³-hybridized carbons (Fsp3) is 0.577. The van der Waals surface area contributed by atoms with Crippen molar-refractivity contribution in [3.05, 3.63) is 36.7 Å². The SMILES string of the molecule is CCCCCCCCSc1ncc(-c2ccc(OC(=O)[C@@H]3O[C@H]3CCCCC)cc2)cn1. The second kappa shape index (κ2) is 13.6. The number of carbonyl (C=O) groups excluding carboxylic acids is 1. The first-order chi connectivity index (χ1) is 15.7. The van der Waals surface area contributed by atoms with Gasteiger partial charge in [-0.2, -0.15) is 0 Å². The van der Waals surface area contributed by atoms with Gasteiger partial charge in [0.2, 0.25) is 0 Å². The summed E-state index contributed by atoms with van der Waals surface area (Å²) in [6.45, 7) is 4.41. The number of thioether (sulfide) groups is 1. The van der Waals surface area contributed by atoms with E-state index < -0.39 is 6.10 Å². The average molecular weight is 457 g/mol. The molecule has 0 spiro atoms. The van der Waals surface area contributed by atoms with Gasteiger partial charge in [0.05, 0.1) is 6.10 Å². The Morgan fingerprint density at radius 3 is 2.28 bits per heavy atom. The number of rotatable bonds is 15. The Labute approximate surface area is 196 Å². The summed E-state index contributed by atoms with van der Waals surface area (Å²) < 4.78 is 10.9. The number of nitrogens with zero attached hydrogens (tertiary/aromatic N) is 2. The van der Waals surface area contributed by atoms with Crippen molar-refractivity contribution in [2.45, 2.75) is 95.4 Å². The number of carbonyl (C=O) groups is 1. The highest BCUT2D eigenvalue weighted by Gasteiger charge is 2.45. The molecule has 0 unspecified atom stereocenters. The Morgan fingerprint density at radius 1 is 0.906 bits per heavy atom. The van der Waals surface area contributed by atoms with Gasteiger partial charge in [-0.1, -0.05) is 89.1 Å². The second-order valence-electron chi connectivity index (χ2n) is 8.41. The van der Waals surface area contributed by atoms with E-state index in [1.165, 1.54) is 51.4 Å². The first-order valence-corrected chi connectivity index (χ1v) is 13.1. The van der Waals surface area contributed by atoms with Crippen LogP contribution in [0.5, 0.6) is 5.75 Å². The lowest BCUT2D eigenvalue weighted by atomic mass is 10.1. The Hall–Kier alpha value is -1.92. The van der Waals surface area contributed by atoms with Gasteiger partial charge in [-0.25, -0.2) is 14.8 Å². The van der Waals surface area contributed by atoms with Crippen molar-refractivity contribution < 1.29 is 14.3 Å². The molecule has 0 N–H and O–H groups in total. The highest BCUT2D eigenvalue weighted by molar-refractivity contribution is 7.99. The number of ether oxygens (including phenoxy) is 2. The summed E-state index contributed by atoms with van der Waals surface area (Å²) >= 11 is 1.72. The molecule has 0 aliphatic carbocycles. The van der Waals surface area contributed by atoms with Crippen LogP contribution < -0.4 is 4.74 Å². The van der Waals surface area contributed by atoms with Gasteiger partial charge >= 0.3 is 5.97 Å². The van der Waals surface area contributed by atoms with Crippen molar-refractivity contribution in [2.75, 3.05) is 5.75 Å². The van der Waals surface area contributed by atoms with Gasteiger partial charge in [-0.3, -0.25) is 0 Å². The lowest BCUT2D eigenvalue weighted by Crippen LogP contribution is -2.17. The average Bonchev–Trinajstić information content (AvgIpc) is 3.59. The molecule has 1 saturated heterocycles. The topological polar surface area (TPSA) is 64.6 Å². The molecule has 5 nitrogen and oxygen atoms in total. The summed E-state index contributed by atoms with van der Waals surface area (Å²) in [6.07, 6.45) is 15.5. The first-order valence-electron chi connectivity index (χ1n) is 12.1. The molecule has 2 atom stereocenters. The van der Waals surface area contributed by atoms with Crippen molar-refractivity contribution in [3.63, 3.8) is 0 Å². The van der Waals surface area contributed by atoms with E-state index in [4.69, 9.17) is 9.47 Å². The van der Waals surface area contributed by atoms with Crippen LogP contribution in [0.25, 0.3) is 11.1 Å². The van der Waals surface area contributed by atoms with Crippen molar-refractivity contribution in [1.29, 1.82) is 0 Å². The van der Waals surface area contributed by atoms with Gasteiger partial charge < -0.3 is 9.47 Å². The predicted molar refractivity (Wildman–Crippen MR) is 130 cm³/mol. The summed E-state index contributed by atoms with van der Waals surface area (Å²) in [5.41, 5.74) is 1.95. The number of hydrogen-bond donors (Lipinski definition) is 0. The van der Waals surface area contributed by atoms with E-state index in [1.54, 1.807) is 11.8 Å². The van der Waals surface area contributed by atoms with Gasteiger partial charge in [-0.05, 0) is 30.5 Å². The van der Waals surface area contributed by atoms with Crippen LogP contribution in [0.2, 0.25) is 0 Å².